The summed E-state index contributed by atoms with van der Waals surface area (Å²) in [5.41, 5.74) is 0.680. The maximum atomic E-state index is 12.6. The molecule has 2 aromatic carbocycles. The minimum Gasteiger partial charge on any atom is -0.487 e. The van der Waals surface area contributed by atoms with Crippen LogP contribution >= 0.6 is 11.6 Å². The van der Waals surface area contributed by atoms with Crippen molar-refractivity contribution in [3.8, 4) is 5.75 Å². The Morgan fingerprint density at radius 3 is 2.48 bits per heavy atom. The Kier molecular flexibility index (Phi) is 4.64. The van der Waals surface area contributed by atoms with E-state index in [1.807, 2.05) is 6.07 Å². The molecule has 1 N–H and O–H groups in total. The number of aromatic carboxylic acids is 1. The largest absolute Gasteiger partial charge is 0.487 e. The molecule has 0 bridgehead atoms. The molecule has 2 aromatic rings. The van der Waals surface area contributed by atoms with Crippen LogP contribution in [0.25, 0.3) is 0 Å². The molecule has 1 aliphatic rings. The molecule has 0 radical (unpaired) electrons. The Labute approximate surface area is 147 Å². The molecule has 0 saturated heterocycles. The number of carboxylic acids is 1. The summed E-state index contributed by atoms with van der Waals surface area (Å²) in [6.07, 6.45) is -2.39. The summed E-state index contributed by atoms with van der Waals surface area (Å²) in [5.74, 6) is -0.589. The van der Waals surface area contributed by atoms with Gasteiger partial charge in [-0.3, -0.25) is 0 Å². The summed E-state index contributed by atoms with van der Waals surface area (Å²) < 4.78 is 43.3. The maximum absolute atomic E-state index is 12.6. The molecule has 0 heterocycles. The molecule has 25 heavy (non-hydrogen) atoms. The van der Waals surface area contributed by atoms with Crippen LogP contribution in [-0.2, 0) is 12.8 Å². The summed E-state index contributed by atoms with van der Waals surface area (Å²) >= 11 is 5.84. The quantitative estimate of drug-likeness (QED) is 0.754. The van der Waals surface area contributed by atoms with Crippen molar-refractivity contribution < 1.29 is 27.8 Å². The Morgan fingerprint density at radius 1 is 1.20 bits per heavy atom. The number of benzene rings is 2. The number of ether oxygens (including phenoxy) is 1. The van der Waals surface area contributed by atoms with Gasteiger partial charge in [-0.2, -0.15) is 13.2 Å². The fraction of sp³-hybridized carbons (Fsp3) is 0.278. The Bertz CT molecular complexity index is 814. The number of carboxylic acid groups (broad SMARTS) is 1. The minimum atomic E-state index is -4.49. The molecular formula is C18H14ClF3O3. The third kappa shape index (κ3) is 4.07. The van der Waals surface area contributed by atoms with Crippen molar-refractivity contribution in [2.24, 2.45) is 0 Å². The zero-order chi connectivity index (χ0) is 18.2. The van der Waals surface area contributed by atoms with Gasteiger partial charge >= 0.3 is 12.1 Å². The van der Waals surface area contributed by atoms with E-state index in [-0.39, 0.29) is 22.9 Å². The molecule has 0 spiro atoms. The average molecular weight is 371 g/mol. The van der Waals surface area contributed by atoms with E-state index in [4.69, 9.17) is 16.3 Å². The zero-order valence-electron chi connectivity index (χ0n) is 12.9. The van der Waals surface area contributed by atoms with Crippen LogP contribution in [0, 0.1) is 0 Å². The van der Waals surface area contributed by atoms with Gasteiger partial charge in [-0.25, -0.2) is 4.79 Å². The van der Waals surface area contributed by atoms with Crippen LogP contribution in [0.4, 0.5) is 13.2 Å². The smallest absolute Gasteiger partial charge is 0.416 e. The highest BCUT2D eigenvalue weighted by Crippen LogP contribution is 2.40. The van der Waals surface area contributed by atoms with Gasteiger partial charge in [-0.1, -0.05) is 23.7 Å². The van der Waals surface area contributed by atoms with Crippen LogP contribution in [0.15, 0.2) is 36.4 Å². The van der Waals surface area contributed by atoms with Gasteiger partial charge < -0.3 is 9.84 Å². The van der Waals surface area contributed by atoms with Gasteiger partial charge in [0.2, 0.25) is 0 Å². The van der Waals surface area contributed by atoms with E-state index in [0.717, 1.165) is 36.6 Å². The van der Waals surface area contributed by atoms with Crippen molar-refractivity contribution in [3.63, 3.8) is 0 Å². The third-order valence-corrected chi connectivity index (χ3v) is 4.35. The molecule has 132 valence electrons. The predicted octanol–water partition coefficient (Wildman–Crippen LogP) is 5.51. The first-order chi connectivity index (χ1) is 11.8. The molecule has 0 atom stereocenters. The number of hydrogen-bond acceptors (Lipinski definition) is 2. The van der Waals surface area contributed by atoms with E-state index in [0.29, 0.717) is 11.5 Å². The Hall–Kier alpha value is -2.21. The topological polar surface area (TPSA) is 46.5 Å². The summed E-state index contributed by atoms with van der Waals surface area (Å²) in [4.78, 5) is 11.4. The van der Waals surface area contributed by atoms with Crippen molar-refractivity contribution in [2.45, 2.75) is 31.5 Å². The summed E-state index contributed by atoms with van der Waals surface area (Å²) in [5, 5.41) is 9.18. The monoisotopic (exact) mass is 370 g/mol. The standard InChI is InChI=1S/C18H14ClF3O3/c19-15-8-13(18(20,21)22)5-6-16(15)25-9-12-4-3-11(10-1-2-10)7-14(12)17(23)24/h3-8,10H,1-2,9H2,(H,23,24). The van der Waals surface area contributed by atoms with E-state index in [9.17, 15) is 23.1 Å². The second kappa shape index (κ2) is 6.59. The highest BCUT2D eigenvalue weighted by atomic mass is 35.5. The predicted molar refractivity (Wildman–Crippen MR) is 86.2 cm³/mol. The molecule has 0 unspecified atom stereocenters. The lowest BCUT2D eigenvalue weighted by Crippen LogP contribution is -2.07. The highest BCUT2D eigenvalue weighted by Gasteiger charge is 2.31. The molecule has 3 nitrogen and oxygen atoms in total. The fourth-order valence-electron chi connectivity index (χ4n) is 2.54. The van der Waals surface area contributed by atoms with Crippen molar-refractivity contribution in [2.75, 3.05) is 0 Å². The summed E-state index contributed by atoms with van der Waals surface area (Å²) in [6.45, 7) is -0.0995. The third-order valence-electron chi connectivity index (χ3n) is 4.06. The van der Waals surface area contributed by atoms with Crippen molar-refractivity contribution >= 4 is 17.6 Å². The van der Waals surface area contributed by atoms with E-state index >= 15 is 0 Å². The van der Waals surface area contributed by atoms with Gasteiger partial charge in [-0.15, -0.1) is 0 Å². The van der Waals surface area contributed by atoms with Gasteiger partial charge in [0.05, 0.1) is 16.1 Å². The molecule has 1 saturated carbocycles. The molecule has 0 amide bonds. The number of rotatable bonds is 5. The van der Waals surface area contributed by atoms with Gasteiger partial charge in [0.1, 0.15) is 12.4 Å². The zero-order valence-corrected chi connectivity index (χ0v) is 13.7. The summed E-state index contributed by atoms with van der Waals surface area (Å²) in [7, 11) is 0. The molecule has 1 aliphatic carbocycles. The van der Waals surface area contributed by atoms with Crippen LogP contribution in [0.1, 0.15) is 45.8 Å². The van der Waals surface area contributed by atoms with Crippen molar-refractivity contribution in [1.29, 1.82) is 0 Å². The SMILES string of the molecule is O=C(O)c1cc(C2CC2)ccc1COc1ccc(C(F)(F)F)cc1Cl. The lowest BCUT2D eigenvalue weighted by molar-refractivity contribution is -0.137. The first kappa shape index (κ1) is 17.6. The van der Waals surface area contributed by atoms with Crippen LogP contribution in [-0.4, -0.2) is 11.1 Å². The first-order valence-electron chi connectivity index (χ1n) is 7.61. The number of carbonyl (C=O) groups is 1. The molecule has 1 fully saturated rings. The molecule has 7 heteroatoms. The Morgan fingerprint density at radius 2 is 1.92 bits per heavy atom. The lowest BCUT2D eigenvalue weighted by atomic mass is 10.0. The maximum Gasteiger partial charge on any atom is 0.416 e. The van der Waals surface area contributed by atoms with E-state index < -0.39 is 17.7 Å². The average Bonchev–Trinajstić information content (AvgIpc) is 3.37. The second-order valence-corrected chi connectivity index (χ2v) is 6.33. The highest BCUT2D eigenvalue weighted by molar-refractivity contribution is 6.32. The van der Waals surface area contributed by atoms with Gasteiger partial charge in [0.25, 0.3) is 0 Å². The first-order valence-corrected chi connectivity index (χ1v) is 7.99. The normalized spacial score (nSPS) is 14.4. The van der Waals surface area contributed by atoms with Crippen molar-refractivity contribution in [3.05, 3.63) is 63.7 Å². The second-order valence-electron chi connectivity index (χ2n) is 5.93. The summed E-state index contributed by atoms with van der Waals surface area (Å²) in [6, 6.07) is 7.95. The van der Waals surface area contributed by atoms with E-state index in [2.05, 4.69) is 0 Å². The molecule has 3 rings (SSSR count). The van der Waals surface area contributed by atoms with E-state index in [1.54, 1.807) is 12.1 Å². The van der Waals surface area contributed by atoms with Gasteiger partial charge in [0, 0.05) is 5.56 Å². The number of hydrogen-bond donors (Lipinski definition) is 1. The molecular weight excluding hydrogens is 357 g/mol. The Balaban J connectivity index is 1.78. The van der Waals surface area contributed by atoms with E-state index in [1.165, 1.54) is 0 Å². The van der Waals surface area contributed by atoms with Gasteiger partial charge in [-0.05, 0) is 48.6 Å². The van der Waals surface area contributed by atoms with Crippen LogP contribution in [0.2, 0.25) is 5.02 Å². The fourth-order valence-corrected chi connectivity index (χ4v) is 2.77. The number of halogens is 4. The van der Waals surface area contributed by atoms with Crippen LogP contribution < -0.4 is 4.74 Å². The number of alkyl halides is 3. The lowest BCUT2D eigenvalue weighted by Gasteiger charge is -2.13. The van der Waals surface area contributed by atoms with Crippen LogP contribution in [0.3, 0.4) is 0 Å². The molecule has 0 aromatic heterocycles. The van der Waals surface area contributed by atoms with Gasteiger partial charge in [0.15, 0.2) is 0 Å². The van der Waals surface area contributed by atoms with Crippen molar-refractivity contribution in [1.82, 2.24) is 0 Å². The van der Waals surface area contributed by atoms with Crippen LogP contribution in [0.5, 0.6) is 5.75 Å². The molecule has 0 aliphatic heterocycles. The minimum absolute atomic E-state index is 0.0669.